The van der Waals surface area contributed by atoms with Crippen molar-refractivity contribution in [2.75, 3.05) is 6.54 Å². The van der Waals surface area contributed by atoms with Crippen LogP contribution in [0.25, 0.3) is 0 Å². The van der Waals surface area contributed by atoms with Crippen molar-refractivity contribution < 1.29 is 19.9 Å². The van der Waals surface area contributed by atoms with Crippen LogP contribution in [0.2, 0.25) is 0 Å². The van der Waals surface area contributed by atoms with Crippen molar-refractivity contribution in [3.63, 3.8) is 0 Å². The smallest absolute Gasteiger partial charge is 0.404 e. The molecule has 2 atom stereocenters. The molecular weight excluding hydrogens is 192 g/mol. The van der Waals surface area contributed by atoms with Gasteiger partial charge in [0.1, 0.15) is 5.60 Å². The molecule has 14 heavy (non-hydrogen) atoms. The summed E-state index contributed by atoms with van der Waals surface area (Å²) in [7, 11) is 0. The summed E-state index contributed by atoms with van der Waals surface area (Å²) in [5.41, 5.74) is -1.35. The molecule has 0 bridgehead atoms. The molecule has 0 aromatic carbocycles. The molecule has 0 aliphatic heterocycles. The fourth-order valence-electron chi connectivity index (χ4n) is 1.79. The summed E-state index contributed by atoms with van der Waals surface area (Å²) in [5, 5.41) is 30.5. The summed E-state index contributed by atoms with van der Waals surface area (Å²) in [5.74, 6) is 0. The zero-order chi connectivity index (χ0) is 10.8. The number of nitro groups is 1. The van der Waals surface area contributed by atoms with E-state index >= 15 is 0 Å². The minimum Gasteiger partial charge on any atom is -0.465 e. The van der Waals surface area contributed by atoms with Gasteiger partial charge >= 0.3 is 6.09 Å². The molecule has 3 N–H and O–H groups in total. The highest BCUT2D eigenvalue weighted by Gasteiger charge is 2.41. The molecule has 7 heteroatoms. The number of amides is 1. The summed E-state index contributed by atoms with van der Waals surface area (Å²) < 4.78 is 0. The predicted octanol–water partition coefficient (Wildman–Crippen LogP) is -0.186. The fourth-order valence-corrected chi connectivity index (χ4v) is 1.79. The van der Waals surface area contributed by atoms with Crippen LogP contribution in [0.15, 0.2) is 0 Å². The van der Waals surface area contributed by atoms with E-state index < -0.39 is 23.2 Å². The third-order valence-corrected chi connectivity index (χ3v) is 2.34. The quantitative estimate of drug-likeness (QED) is 0.435. The molecule has 7 nitrogen and oxygen atoms in total. The van der Waals surface area contributed by atoms with Crippen LogP contribution >= 0.6 is 0 Å². The Labute approximate surface area is 79.9 Å². The molecule has 80 valence electrons. The highest BCUT2D eigenvalue weighted by atomic mass is 16.6. The number of nitrogens with zero attached hydrogens (tertiary/aromatic N) is 1. The van der Waals surface area contributed by atoms with E-state index in [1.807, 2.05) is 0 Å². The molecule has 0 radical (unpaired) electrons. The Hall–Kier alpha value is -1.37. The normalized spacial score (nSPS) is 31.4. The van der Waals surface area contributed by atoms with Crippen LogP contribution in [0.3, 0.4) is 0 Å². The summed E-state index contributed by atoms with van der Waals surface area (Å²) in [4.78, 5) is 19.9. The van der Waals surface area contributed by atoms with Gasteiger partial charge in [0.25, 0.3) is 0 Å². The van der Waals surface area contributed by atoms with Crippen molar-refractivity contribution in [1.29, 1.82) is 0 Å². The van der Waals surface area contributed by atoms with E-state index in [0.29, 0.717) is 6.42 Å². The third-order valence-electron chi connectivity index (χ3n) is 2.34. The van der Waals surface area contributed by atoms with Crippen molar-refractivity contribution in [1.82, 2.24) is 5.32 Å². The van der Waals surface area contributed by atoms with Gasteiger partial charge in [-0.15, -0.1) is 0 Å². The van der Waals surface area contributed by atoms with Crippen LogP contribution in [0.5, 0.6) is 0 Å². The molecule has 0 aromatic heterocycles. The fraction of sp³-hybridized carbons (Fsp3) is 0.857. The van der Waals surface area contributed by atoms with Gasteiger partial charge in [-0.05, 0) is 12.8 Å². The van der Waals surface area contributed by atoms with E-state index in [-0.39, 0.29) is 18.9 Å². The maximum atomic E-state index is 10.3. The third kappa shape index (κ3) is 2.84. The molecule has 1 saturated carbocycles. The monoisotopic (exact) mass is 204 g/mol. The van der Waals surface area contributed by atoms with Crippen molar-refractivity contribution in [3.8, 4) is 0 Å². The molecule has 0 aromatic rings. The van der Waals surface area contributed by atoms with Gasteiger partial charge in [-0.3, -0.25) is 10.1 Å². The Bertz CT molecular complexity index is 256. The van der Waals surface area contributed by atoms with Crippen molar-refractivity contribution in [2.24, 2.45) is 0 Å². The Kier molecular flexibility index (Phi) is 2.90. The largest absolute Gasteiger partial charge is 0.465 e. The molecule has 0 saturated heterocycles. The number of nitrogens with one attached hydrogen (secondary N) is 1. The number of hydrogen-bond donors (Lipinski definition) is 3. The van der Waals surface area contributed by atoms with Gasteiger partial charge in [0.2, 0.25) is 6.54 Å². The first-order valence-corrected chi connectivity index (χ1v) is 4.25. The average molecular weight is 204 g/mol. The first-order chi connectivity index (χ1) is 6.41. The maximum Gasteiger partial charge on any atom is 0.404 e. The van der Waals surface area contributed by atoms with Crippen LogP contribution in [-0.2, 0) is 0 Å². The number of rotatable bonds is 3. The molecule has 1 aliphatic rings. The first-order valence-electron chi connectivity index (χ1n) is 4.25. The summed E-state index contributed by atoms with van der Waals surface area (Å²) in [6.45, 7) is -0.523. The van der Waals surface area contributed by atoms with Gasteiger partial charge < -0.3 is 15.5 Å². The number of carboxylic acid groups (broad SMARTS) is 1. The van der Waals surface area contributed by atoms with Crippen molar-refractivity contribution in [2.45, 2.75) is 30.9 Å². The second kappa shape index (κ2) is 3.79. The SMILES string of the molecule is O=C(O)NC1CCC(O)(C[N+](=O)[O-])C1. The Morgan fingerprint density at radius 3 is 2.86 bits per heavy atom. The summed E-state index contributed by atoms with van der Waals surface area (Å²) in [6.07, 6.45) is -0.351. The molecule has 2 unspecified atom stereocenters. The lowest BCUT2D eigenvalue weighted by atomic mass is 10.0. The Balaban J connectivity index is 2.46. The van der Waals surface area contributed by atoms with Crippen LogP contribution in [0.1, 0.15) is 19.3 Å². The van der Waals surface area contributed by atoms with E-state index in [0.717, 1.165) is 0 Å². The van der Waals surface area contributed by atoms with Gasteiger partial charge in [-0.1, -0.05) is 0 Å². The summed E-state index contributed by atoms with van der Waals surface area (Å²) >= 11 is 0. The van der Waals surface area contributed by atoms with E-state index in [1.54, 1.807) is 0 Å². The number of carbonyl (C=O) groups is 1. The zero-order valence-corrected chi connectivity index (χ0v) is 7.47. The van der Waals surface area contributed by atoms with Crippen LogP contribution in [-0.4, -0.2) is 39.4 Å². The summed E-state index contributed by atoms with van der Waals surface area (Å²) in [6, 6.07) is -0.377. The van der Waals surface area contributed by atoms with Gasteiger partial charge in [0, 0.05) is 17.4 Å². The molecule has 0 spiro atoms. The van der Waals surface area contributed by atoms with Crippen molar-refractivity contribution in [3.05, 3.63) is 10.1 Å². The lowest BCUT2D eigenvalue weighted by Gasteiger charge is -2.17. The Morgan fingerprint density at radius 2 is 2.36 bits per heavy atom. The van der Waals surface area contributed by atoms with Crippen LogP contribution in [0.4, 0.5) is 4.79 Å². The van der Waals surface area contributed by atoms with Gasteiger partial charge in [0.15, 0.2) is 0 Å². The molecule has 0 heterocycles. The minimum absolute atomic E-state index is 0.111. The molecule has 1 fully saturated rings. The number of aliphatic hydroxyl groups is 1. The first kappa shape index (κ1) is 10.7. The molecular formula is C7H12N2O5. The second-order valence-corrected chi connectivity index (χ2v) is 3.60. The standard InChI is InChI=1S/C7H12N2O5/c10-6(11)8-5-1-2-7(12,3-5)4-9(13)14/h5,8,12H,1-4H2,(H,10,11). The minimum atomic E-state index is -1.35. The zero-order valence-electron chi connectivity index (χ0n) is 7.47. The molecule has 1 aliphatic carbocycles. The average Bonchev–Trinajstić information content (AvgIpc) is 2.28. The lowest BCUT2D eigenvalue weighted by molar-refractivity contribution is -0.500. The highest BCUT2D eigenvalue weighted by molar-refractivity contribution is 5.64. The number of hydrogen-bond acceptors (Lipinski definition) is 4. The lowest BCUT2D eigenvalue weighted by Crippen LogP contribution is -2.38. The highest BCUT2D eigenvalue weighted by Crippen LogP contribution is 2.29. The van der Waals surface area contributed by atoms with Crippen molar-refractivity contribution >= 4 is 6.09 Å². The second-order valence-electron chi connectivity index (χ2n) is 3.60. The van der Waals surface area contributed by atoms with Gasteiger partial charge in [0.05, 0.1) is 0 Å². The molecule has 1 rings (SSSR count). The van der Waals surface area contributed by atoms with Gasteiger partial charge in [-0.2, -0.15) is 0 Å². The van der Waals surface area contributed by atoms with E-state index in [2.05, 4.69) is 5.32 Å². The predicted molar refractivity (Wildman–Crippen MR) is 45.6 cm³/mol. The van der Waals surface area contributed by atoms with Crippen LogP contribution in [0, 0.1) is 10.1 Å². The Morgan fingerprint density at radius 1 is 1.71 bits per heavy atom. The van der Waals surface area contributed by atoms with Gasteiger partial charge in [-0.25, -0.2) is 4.79 Å². The van der Waals surface area contributed by atoms with E-state index in [1.165, 1.54) is 0 Å². The molecule has 1 amide bonds. The van der Waals surface area contributed by atoms with E-state index in [9.17, 15) is 20.0 Å². The van der Waals surface area contributed by atoms with Crippen LogP contribution < -0.4 is 5.32 Å². The maximum absolute atomic E-state index is 10.3. The van der Waals surface area contributed by atoms with E-state index in [4.69, 9.17) is 5.11 Å². The topological polar surface area (TPSA) is 113 Å².